The summed E-state index contributed by atoms with van der Waals surface area (Å²) in [7, 11) is 0. The van der Waals surface area contributed by atoms with Gasteiger partial charge in [-0.25, -0.2) is 4.79 Å². The highest BCUT2D eigenvalue weighted by molar-refractivity contribution is 5.88. The zero-order valence-corrected chi connectivity index (χ0v) is 15.8. The topological polar surface area (TPSA) is 58.6 Å². The molecule has 2 aliphatic rings. The van der Waals surface area contributed by atoms with Gasteiger partial charge in [0.25, 0.3) is 0 Å². The van der Waals surface area contributed by atoms with Gasteiger partial charge >= 0.3 is 6.09 Å². The van der Waals surface area contributed by atoms with Crippen molar-refractivity contribution in [2.75, 3.05) is 19.6 Å². The van der Waals surface area contributed by atoms with Crippen molar-refractivity contribution in [2.24, 2.45) is 5.92 Å². The Labute approximate surface area is 155 Å². The Bertz CT molecular complexity index is 615. The summed E-state index contributed by atoms with van der Waals surface area (Å²) in [5.74, 6) is 0.240. The van der Waals surface area contributed by atoms with Crippen molar-refractivity contribution in [1.29, 1.82) is 0 Å². The number of nitrogens with one attached hydrogen (secondary N) is 1. The summed E-state index contributed by atoms with van der Waals surface area (Å²) >= 11 is 0. The number of nitrogens with zero attached hydrogens (tertiary/aromatic N) is 1. The molecule has 3 atom stereocenters. The molecule has 0 spiro atoms. The molecule has 0 radical (unpaired) electrons. The third-order valence-electron chi connectivity index (χ3n) is 4.77. The lowest BCUT2D eigenvalue weighted by Gasteiger charge is -2.26. The van der Waals surface area contributed by atoms with Crippen molar-refractivity contribution in [1.82, 2.24) is 10.2 Å². The number of ketones is 1. The second kappa shape index (κ2) is 7.75. The number of benzene rings is 1. The van der Waals surface area contributed by atoms with Crippen LogP contribution in [0.4, 0.5) is 4.79 Å². The largest absolute Gasteiger partial charge is 0.444 e. The number of halogens is 1. The predicted octanol–water partition coefficient (Wildman–Crippen LogP) is 2.99. The van der Waals surface area contributed by atoms with Gasteiger partial charge in [0.15, 0.2) is 5.78 Å². The normalized spacial score (nSPS) is 26.4. The lowest BCUT2D eigenvalue weighted by molar-refractivity contribution is -0.123. The van der Waals surface area contributed by atoms with Gasteiger partial charge in [0.05, 0.1) is 6.54 Å². The van der Waals surface area contributed by atoms with Crippen molar-refractivity contribution in [3.8, 4) is 0 Å². The lowest BCUT2D eigenvalue weighted by atomic mass is 9.82. The molecule has 3 rings (SSSR count). The molecule has 0 aliphatic carbocycles. The second-order valence-corrected chi connectivity index (χ2v) is 7.71. The molecule has 0 aromatic heterocycles. The summed E-state index contributed by atoms with van der Waals surface area (Å²) in [5.41, 5.74) is 0.643. The van der Waals surface area contributed by atoms with Gasteiger partial charge in [0, 0.05) is 31.0 Å². The molecule has 1 aromatic carbocycles. The Morgan fingerprint density at radius 3 is 2.56 bits per heavy atom. The molecule has 1 aromatic rings. The van der Waals surface area contributed by atoms with Crippen LogP contribution in [0.1, 0.15) is 38.7 Å². The smallest absolute Gasteiger partial charge is 0.410 e. The fourth-order valence-corrected chi connectivity index (χ4v) is 3.72. The van der Waals surface area contributed by atoms with Crippen LogP contribution in [0.2, 0.25) is 0 Å². The molecule has 2 aliphatic heterocycles. The molecular formula is C19H27ClN2O3. The van der Waals surface area contributed by atoms with Crippen LogP contribution < -0.4 is 5.32 Å². The van der Waals surface area contributed by atoms with E-state index in [1.165, 1.54) is 5.56 Å². The summed E-state index contributed by atoms with van der Waals surface area (Å²) in [6, 6.07) is 10.3. The SMILES string of the molecule is CC(C)(C)OC(=O)N1CC[C@@H]2NC[C@H](c3ccccc3)[C@H]2C(=O)C1.Cl. The van der Waals surface area contributed by atoms with Gasteiger partial charge in [-0.2, -0.15) is 0 Å². The van der Waals surface area contributed by atoms with Crippen molar-refractivity contribution < 1.29 is 14.3 Å². The van der Waals surface area contributed by atoms with E-state index in [4.69, 9.17) is 4.74 Å². The maximum Gasteiger partial charge on any atom is 0.410 e. The highest BCUT2D eigenvalue weighted by atomic mass is 35.5. The number of rotatable bonds is 1. The second-order valence-electron chi connectivity index (χ2n) is 7.71. The number of fused-ring (bicyclic) bond motifs is 1. The number of carbonyl (C=O) groups is 2. The fraction of sp³-hybridized carbons (Fsp3) is 0.579. The van der Waals surface area contributed by atoms with E-state index in [-0.39, 0.29) is 42.6 Å². The molecular weight excluding hydrogens is 340 g/mol. The van der Waals surface area contributed by atoms with E-state index in [0.717, 1.165) is 13.0 Å². The van der Waals surface area contributed by atoms with Crippen molar-refractivity contribution in [3.05, 3.63) is 35.9 Å². The van der Waals surface area contributed by atoms with E-state index >= 15 is 0 Å². The van der Waals surface area contributed by atoms with Gasteiger partial charge in [-0.1, -0.05) is 30.3 Å². The Morgan fingerprint density at radius 2 is 1.92 bits per heavy atom. The zero-order chi connectivity index (χ0) is 17.3. The highest BCUT2D eigenvalue weighted by Gasteiger charge is 2.44. The average Bonchev–Trinajstić information content (AvgIpc) is 2.87. The van der Waals surface area contributed by atoms with Crippen molar-refractivity contribution in [3.63, 3.8) is 0 Å². The molecule has 0 unspecified atom stereocenters. The van der Waals surface area contributed by atoms with E-state index in [1.54, 1.807) is 4.90 Å². The molecule has 2 fully saturated rings. The first-order valence-corrected chi connectivity index (χ1v) is 8.64. The average molecular weight is 367 g/mol. The van der Waals surface area contributed by atoms with Crippen LogP contribution in [-0.2, 0) is 9.53 Å². The van der Waals surface area contributed by atoms with Gasteiger partial charge in [-0.05, 0) is 32.8 Å². The van der Waals surface area contributed by atoms with Crippen molar-refractivity contribution in [2.45, 2.75) is 44.8 Å². The van der Waals surface area contributed by atoms with E-state index in [0.29, 0.717) is 6.54 Å². The number of likely N-dealkylation sites (tertiary alicyclic amines) is 1. The summed E-state index contributed by atoms with van der Waals surface area (Å²) in [4.78, 5) is 26.7. The molecule has 2 saturated heterocycles. The van der Waals surface area contributed by atoms with Crippen LogP contribution in [0.15, 0.2) is 30.3 Å². The summed E-state index contributed by atoms with van der Waals surface area (Å²) in [6.45, 7) is 7.03. The van der Waals surface area contributed by atoms with Gasteiger partial charge in [-0.15, -0.1) is 12.4 Å². The van der Waals surface area contributed by atoms with E-state index < -0.39 is 11.7 Å². The molecule has 2 heterocycles. The van der Waals surface area contributed by atoms with Crippen LogP contribution in [0.5, 0.6) is 0 Å². The molecule has 1 N–H and O–H groups in total. The molecule has 0 bridgehead atoms. The molecule has 6 heteroatoms. The van der Waals surface area contributed by atoms with Gasteiger partial charge in [-0.3, -0.25) is 4.79 Å². The quantitative estimate of drug-likeness (QED) is 0.830. The minimum atomic E-state index is -0.548. The standard InChI is InChI=1S/C19H26N2O3.ClH/c1-19(2,3)24-18(23)21-10-9-15-17(16(22)12-21)14(11-20-15)13-7-5-4-6-8-13;/h4-8,14-15,17,20H,9-12H2,1-3H3;1H/t14-,15+,17-;/m1./s1. The highest BCUT2D eigenvalue weighted by Crippen LogP contribution is 2.35. The van der Waals surface area contributed by atoms with Crippen LogP contribution in [0.25, 0.3) is 0 Å². The zero-order valence-electron chi connectivity index (χ0n) is 15.0. The minimum absolute atomic E-state index is 0. The Kier molecular flexibility index (Phi) is 6.12. The van der Waals surface area contributed by atoms with Gasteiger partial charge in [0.2, 0.25) is 0 Å². The summed E-state index contributed by atoms with van der Waals surface area (Å²) in [6.07, 6.45) is 0.381. The maximum absolute atomic E-state index is 12.9. The first kappa shape index (κ1) is 19.7. The van der Waals surface area contributed by atoms with E-state index in [9.17, 15) is 9.59 Å². The molecule has 5 nitrogen and oxygen atoms in total. The van der Waals surface area contributed by atoms with Crippen LogP contribution in [-0.4, -0.2) is 48.1 Å². The van der Waals surface area contributed by atoms with Crippen LogP contribution in [0, 0.1) is 5.92 Å². The molecule has 138 valence electrons. The number of hydrogen-bond donors (Lipinski definition) is 1. The Balaban J connectivity index is 0.00000225. The van der Waals surface area contributed by atoms with Gasteiger partial charge in [0.1, 0.15) is 5.60 Å². The van der Waals surface area contributed by atoms with Crippen LogP contribution in [0.3, 0.4) is 0 Å². The first-order valence-electron chi connectivity index (χ1n) is 8.64. The van der Waals surface area contributed by atoms with Crippen LogP contribution >= 0.6 is 12.4 Å². The fourth-order valence-electron chi connectivity index (χ4n) is 3.72. The lowest BCUT2D eigenvalue weighted by Crippen LogP contribution is -2.40. The van der Waals surface area contributed by atoms with Gasteiger partial charge < -0.3 is 15.0 Å². The first-order chi connectivity index (χ1) is 11.3. The van der Waals surface area contributed by atoms with E-state index in [2.05, 4.69) is 17.4 Å². The number of carbonyl (C=O) groups excluding carboxylic acids is 2. The maximum atomic E-state index is 12.9. The Hall–Kier alpha value is -1.59. The number of hydrogen-bond acceptors (Lipinski definition) is 4. The monoisotopic (exact) mass is 366 g/mol. The number of Topliss-reactive ketones (excluding diaryl/α,β-unsaturated/α-hetero) is 1. The minimum Gasteiger partial charge on any atom is -0.444 e. The molecule has 0 saturated carbocycles. The number of ether oxygens (including phenoxy) is 1. The summed E-state index contributed by atoms with van der Waals surface area (Å²) < 4.78 is 5.43. The Morgan fingerprint density at radius 1 is 1.24 bits per heavy atom. The molecule has 25 heavy (non-hydrogen) atoms. The summed E-state index contributed by atoms with van der Waals surface area (Å²) in [5, 5.41) is 3.49. The molecule has 1 amide bonds. The number of amides is 1. The third-order valence-corrected chi connectivity index (χ3v) is 4.77. The predicted molar refractivity (Wildman–Crippen MR) is 99.1 cm³/mol. The third kappa shape index (κ3) is 4.53. The van der Waals surface area contributed by atoms with E-state index in [1.807, 2.05) is 39.0 Å². The van der Waals surface area contributed by atoms with Crippen molar-refractivity contribution >= 4 is 24.3 Å².